The van der Waals surface area contributed by atoms with Crippen molar-refractivity contribution in [2.24, 2.45) is 0 Å². The highest BCUT2D eigenvalue weighted by Crippen LogP contribution is 2.30. The first kappa shape index (κ1) is 16.5. The van der Waals surface area contributed by atoms with Gasteiger partial charge in [0.2, 0.25) is 0 Å². The summed E-state index contributed by atoms with van der Waals surface area (Å²) in [5.74, 6) is 0.329. The monoisotopic (exact) mass is 323 g/mol. The van der Waals surface area contributed by atoms with Crippen LogP contribution < -0.4 is 5.32 Å². The van der Waals surface area contributed by atoms with Crippen molar-refractivity contribution in [3.8, 4) is 11.3 Å². The van der Waals surface area contributed by atoms with E-state index in [1.54, 1.807) is 19.2 Å². The first-order valence-electron chi connectivity index (χ1n) is 6.93. The molecule has 0 atom stereocenters. The standard InChI is InChI=1S/C16H18ClNO4/c1-21-8-2-7-18-10-12-4-6-15(22-12)13-9-11(16(19)20)3-5-14(13)17/h3-6,9,18H,2,7-8,10H2,1H3,(H,19,20). The van der Waals surface area contributed by atoms with E-state index in [9.17, 15) is 4.79 Å². The average molecular weight is 324 g/mol. The zero-order valence-electron chi connectivity index (χ0n) is 12.3. The number of benzene rings is 1. The highest BCUT2D eigenvalue weighted by atomic mass is 35.5. The minimum Gasteiger partial charge on any atom is -0.478 e. The van der Waals surface area contributed by atoms with E-state index in [-0.39, 0.29) is 5.56 Å². The normalized spacial score (nSPS) is 10.8. The van der Waals surface area contributed by atoms with E-state index in [2.05, 4.69) is 5.32 Å². The predicted molar refractivity (Wildman–Crippen MR) is 84.3 cm³/mol. The number of carboxylic acids is 1. The van der Waals surface area contributed by atoms with E-state index in [1.807, 2.05) is 6.07 Å². The Bertz CT molecular complexity index is 639. The molecule has 0 aliphatic carbocycles. The van der Waals surface area contributed by atoms with Crippen molar-refractivity contribution in [1.29, 1.82) is 0 Å². The molecule has 0 unspecified atom stereocenters. The van der Waals surface area contributed by atoms with Crippen LogP contribution in [0.15, 0.2) is 34.7 Å². The van der Waals surface area contributed by atoms with Gasteiger partial charge in [-0.25, -0.2) is 4.79 Å². The molecule has 2 rings (SSSR count). The lowest BCUT2D eigenvalue weighted by atomic mass is 10.1. The number of furan rings is 1. The van der Waals surface area contributed by atoms with E-state index in [0.29, 0.717) is 29.5 Å². The first-order chi connectivity index (χ1) is 10.6. The van der Waals surface area contributed by atoms with Crippen LogP contribution >= 0.6 is 11.6 Å². The second-order valence-electron chi connectivity index (χ2n) is 4.79. The average Bonchev–Trinajstić information content (AvgIpc) is 2.96. The van der Waals surface area contributed by atoms with Crippen LogP contribution in [-0.2, 0) is 11.3 Å². The summed E-state index contributed by atoms with van der Waals surface area (Å²) < 4.78 is 10.7. The largest absolute Gasteiger partial charge is 0.478 e. The Balaban J connectivity index is 2.04. The van der Waals surface area contributed by atoms with Crippen molar-refractivity contribution >= 4 is 17.6 Å². The van der Waals surface area contributed by atoms with Crippen molar-refractivity contribution in [3.05, 3.63) is 46.7 Å². The molecule has 2 aromatic rings. The summed E-state index contributed by atoms with van der Waals surface area (Å²) in [6.07, 6.45) is 0.927. The maximum absolute atomic E-state index is 11.0. The van der Waals surface area contributed by atoms with Crippen molar-refractivity contribution in [1.82, 2.24) is 5.32 Å². The van der Waals surface area contributed by atoms with E-state index >= 15 is 0 Å². The van der Waals surface area contributed by atoms with Gasteiger partial charge in [0.05, 0.1) is 17.1 Å². The molecule has 0 aliphatic heterocycles. The summed E-state index contributed by atoms with van der Waals surface area (Å²) in [6, 6.07) is 8.18. The summed E-state index contributed by atoms with van der Waals surface area (Å²) in [4.78, 5) is 11.0. The molecule has 0 spiro atoms. The van der Waals surface area contributed by atoms with E-state index < -0.39 is 5.97 Å². The van der Waals surface area contributed by atoms with E-state index in [4.69, 9.17) is 25.9 Å². The third-order valence-corrected chi connectivity index (χ3v) is 3.47. The summed E-state index contributed by atoms with van der Waals surface area (Å²) in [7, 11) is 1.67. The quantitative estimate of drug-likeness (QED) is 0.728. The van der Waals surface area contributed by atoms with Gasteiger partial charge in [0, 0.05) is 19.3 Å². The summed E-state index contributed by atoms with van der Waals surface area (Å²) in [5, 5.41) is 12.7. The molecule has 1 heterocycles. The molecule has 2 N–H and O–H groups in total. The zero-order valence-corrected chi connectivity index (χ0v) is 13.0. The molecule has 118 valence electrons. The van der Waals surface area contributed by atoms with Gasteiger partial charge in [0.1, 0.15) is 11.5 Å². The number of carboxylic acid groups (broad SMARTS) is 1. The molecule has 0 fully saturated rings. The van der Waals surface area contributed by atoms with Crippen molar-refractivity contribution in [3.63, 3.8) is 0 Å². The number of ether oxygens (including phenoxy) is 1. The molecule has 0 saturated heterocycles. The number of nitrogens with one attached hydrogen (secondary N) is 1. The Morgan fingerprint density at radius 1 is 1.36 bits per heavy atom. The third kappa shape index (κ3) is 4.34. The molecule has 0 amide bonds. The molecule has 5 nitrogen and oxygen atoms in total. The van der Waals surface area contributed by atoms with Gasteiger partial charge in [-0.2, -0.15) is 0 Å². The van der Waals surface area contributed by atoms with E-state index in [1.165, 1.54) is 12.1 Å². The highest BCUT2D eigenvalue weighted by molar-refractivity contribution is 6.33. The van der Waals surface area contributed by atoms with Gasteiger partial charge in [0.25, 0.3) is 0 Å². The molecule has 1 aromatic heterocycles. The zero-order chi connectivity index (χ0) is 15.9. The van der Waals surface area contributed by atoms with Gasteiger partial charge in [-0.15, -0.1) is 0 Å². The topological polar surface area (TPSA) is 71.7 Å². The van der Waals surface area contributed by atoms with E-state index in [0.717, 1.165) is 18.7 Å². The molecule has 6 heteroatoms. The van der Waals surface area contributed by atoms with Crippen molar-refractivity contribution < 1.29 is 19.1 Å². The molecule has 0 bridgehead atoms. The predicted octanol–water partition coefficient (Wildman–Crippen LogP) is 3.42. The van der Waals surface area contributed by atoms with Crippen LogP contribution in [0.25, 0.3) is 11.3 Å². The third-order valence-electron chi connectivity index (χ3n) is 3.14. The number of rotatable bonds is 8. The number of halogens is 1. The Labute approximate surface area is 133 Å². The minimum absolute atomic E-state index is 0.176. The van der Waals surface area contributed by atoms with Crippen molar-refractivity contribution in [2.75, 3.05) is 20.3 Å². The number of aromatic carboxylic acids is 1. The van der Waals surface area contributed by atoms with Crippen LogP contribution in [-0.4, -0.2) is 31.3 Å². The maximum Gasteiger partial charge on any atom is 0.335 e. The first-order valence-corrected chi connectivity index (χ1v) is 7.31. The van der Waals surface area contributed by atoms with Crippen LogP contribution in [0.5, 0.6) is 0 Å². The SMILES string of the molecule is COCCCNCc1ccc(-c2cc(C(=O)O)ccc2Cl)o1. The van der Waals surface area contributed by atoms with Gasteiger partial charge < -0.3 is 19.6 Å². The van der Waals surface area contributed by atoms with Crippen LogP contribution in [0.1, 0.15) is 22.5 Å². The number of carbonyl (C=O) groups is 1. The Morgan fingerprint density at radius 2 is 2.18 bits per heavy atom. The van der Waals surface area contributed by atoms with Gasteiger partial charge >= 0.3 is 5.97 Å². The van der Waals surface area contributed by atoms with Gasteiger partial charge in [-0.1, -0.05) is 11.6 Å². The van der Waals surface area contributed by atoms with Crippen molar-refractivity contribution in [2.45, 2.75) is 13.0 Å². The van der Waals surface area contributed by atoms with Gasteiger partial charge in [-0.05, 0) is 43.3 Å². The second-order valence-corrected chi connectivity index (χ2v) is 5.20. The van der Waals surface area contributed by atoms with Crippen LogP contribution in [0.2, 0.25) is 5.02 Å². The maximum atomic E-state index is 11.0. The Hall–Kier alpha value is -1.82. The molecular formula is C16H18ClNO4. The fourth-order valence-corrected chi connectivity index (χ4v) is 2.23. The number of methoxy groups -OCH3 is 1. The van der Waals surface area contributed by atoms with Crippen LogP contribution in [0, 0.1) is 0 Å². The Kier molecular flexibility index (Phi) is 6.00. The molecule has 22 heavy (non-hydrogen) atoms. The minimum atomic E-state index is -0.996. The summed E-state index contributed by atoms with van der Waals surface area (Å²) >= 11 is 6.12. The summed E-state index contributed by atoms with van der Waals surface area (Å²) in [5.41, 5.74) is 0.752. The van der Waals surface area contributed by atoms with Crippen LogP contribution in [0.4, 0.5) is 0 Å². The Morgan fingerprint density at radius 3 is 2.91 bits per heavy atom. The molecule has 0 radical (unpaired) electrons. The fourth-order valence-electron chi connectivity index (χ4n) is 2.02. The lowest BCUT2D eigenvalue weighted by Gasteiger charge is -2.04. The molecular weight excluding hydrogens is 306 g/mol. The summed E-state index contributed by atoms with van der Waals surface area (Å²) in [6.45, 7) is 2.15. The lowest BCUT2D eigenvalue weighted by molar-refractivity contribution is 0.0697. The lowest BCUT2D eigenvalue weighted by Crippen LogP contribution is -2.15. The second kappa shape index (κ2) is 7.98. The molecule has 1 aromatic carbocycles. The van der Waals surface area contributed by atoms with Gasteiger partial charge in [-0.3, -0.25) is 0 Å². The smallest absolute Gasteiger partial charge is 0.335 e. The number of hydrogen-bond donors (Lipinski definition) is 2. The molecule has 0 saturated carbocycles. The van der Waals surface area contributed by atoms with Crippen LogP contribution in [0.3, 0.4) is 0 Å². The molecule has 0 aliphatic rings. The number of hydrogen-bond acceptors (Lipinski definition) is 4. The highest BCUT2D eigenvalue weighted by Gasteiger charge is 2.12. The van der Waals surface area contributed by atoms with Gasteiger partial charge in [0.15, 0.2) is 0 Å². The fraction of sp³-hybridized carbons (Fsp3) is 0.312.